The molecular weight excluding hydrogens is 308 g/mol. The monoisotopic (exact) mass is 330 g/mol. The molecule has 0 bridgehead atoms. The van der Waals surface area contributed by atoms with Crippen LogP contribution in [0.15, 0.2) is 42.9 Å². The first-order chi connectivity index (χ1) is 11.1. The second kappa shape index (κ2) is 6.95. The van der Waals surface area contributed by atoms with E-state index in [-0.39, 0.29) is 6.04 Å². The second-order valence-corrected chi connectivity index (χ2v) is 7.17. The van der Waals surface area contributed by atoms with E-state index in [9.17, 15) is 0 Å². The van der Waals surface area contributed by atoms with E-state index in [4.69, 9.17) is 11.6 Å². The summed E-state index contributed by atoms with van der Waals surface area (Å²) in [7, 11) is 2.16. The summed E-state index contributed by atoms with van der Waals surface area (Å²) >= 11 is 6.05. The standard InChI is InChI=1S/C18H23ClN4/c1-18(7-8-21-12-18)13-23(2)17(16-11-20-9-10-22-16)14-3-5-15(19)6-4-14/h3-6,9-11,17,21H,7-8,12-13H2,1-2H3. The first-order valence-corrected chi connectivity index (χ1v) is 8.38. The number of nitrogens with zero attached hydrogens (tertiary/aromatic N) is 3. The molecule has 122 valence electrons. The fourth-order valence-electron chi connectivity index (χ4n) is 3.45. The van der Waals surface area contributed by atoms with Gasteiger partial charge in [0.15, 0.2) is 0 Å². The van der Waals surface area contributed by atoms with Crippen molar-refractivity contribution in [3.63, 3.8) is 0 Å². The van der Waals surface area contributed by atoms with Crippen LogP contribution in [0.1, 0.15) is 30.6 Å². The van der Waals surface area contributed by atoms with E-state index < -0.39 is 0 Å². The van der Waals surface area contributed by atoms with Crippen molar-refractivity contribution in [3.05, 3.63) is 59.1 Å². The van der Waals surface area contributed by atoms with E-state index in [1.165, 1.54) is 12.0 Å². The van der Waals surface area contributed by atoms with Gasteiger partial charge < -0.3 is 5.32 Å². The van der Waals surface area contributed by atoms with Gasteiger partial charge in [0.2, 0.25) is 0 Å². The number of hydrogen-bond donors (Lipinski definition) is 1. The zero-order chi connectivity index (χ0) is 16.3. The Morgan fingerprint density at radius 2 is 2.09 bits per heavy atom. The molecule has 23 heavy (non-hydrogen) atoms. The van der Waals surface area contributed by atoms with Crippen LogP contribution in [-0.2, 0) is 0 Å². The number of aromatic nitrogens is 2. The number of rotatable bonds is 5. The van der Waals surface area contributed by atoms with Gasteiger partial charge in [-0.25, -0.2) is 0 Å². The summed E-state index contributed by atoms with van der Waals surface area (Å²) in [6, 6.07) is 8.11. The van der Waals surface area contributed by atoms with Crippen LogP contribution in [0.2, 0.25) is 5.02 Å². The Bertz CT molecular complexity index is 623. The molecule has 3 rings (SSSR count). The average Bonchev–Trinajstić information content (AvgIpc) is 2.97. The molecule has 0 saturated carbocycles. The third kappa shape index (κ3) is 3.89. The Hall–Kier alpha value is -1.49. The molecule has 1 N–H and O–H groups in total. The molecule has 0 amide bonds. The Morgan fingerprint density at radius 3 is 2.70 bits per heavy atom. The van der Waals surface area contributed by atoms with Crippen LogP contribution >= 0.6 is 11.6 Å². The van der Waals surface area contributed by atoms with Gasteiger partial charge in [-0.2, -0.15) is 0 Å². The third-order valence-corrected chi connectivity index (χ3v) is 4.83. The maximum atomic E-state index is 6.05. The maximum absolute atomic E-state index is 6.05. The predicted molar refractivity (Wildman–Crippen MR) is 93.6 cm³/mol. The zero-order valence-corrected chi connectivity index (χ0v) is 14.4. The van der Waals surface area contributed by atoms with Gasteiger partial charge in [-0.15, -0.1) is 0 Å². The van der Waals surface area contributed by atoms with Gasteiger partial charge in [0.05, 0.1) is 17.9 Å². The molecular formula is C18H23ClN4. The minimum Gasteiger partial charge on any atom is -0.316 e. The zero-order valence-electron chi connectivity index (χ0n) is 13.7. The molecule has 1 aromatic heterocycles. The smallest absolute Gasteiger partial charge is 0.0803 e. The lowest BCUT2D eigenvalue weighted by atomic mass is 9.88. The lowest BCUT2D eigenvalue weighted by molar-refractivity contribution is 0.176. The van der Waals surface area contributed by atoms with Crippen molar-refractivity contribution >= 4 is 11.6 Å². The van der Waals surface area contributed by atoms with Crippen LogP contribution in [0.4, 0.5) is 0 Å². The van der Waals surface area contributed by atoms with E-state index in [0.29, 0.717) is 5.41 Å². The molecule has 0 radical (unpaired) electrons. The van der Waals surface area contributed by atoms with Crippen molar-refractivity contribution in [1.29, 1.82) is 0 Å². The Labute approximate surface area is 142 Å². The molecule has 1 fully saturated rings. The van der Waals surface area contributed by atoms with Gasteiger partial charge >= 0.3 is 0 Å². The fraction of sp³-hybridized carbons (Fsp3) is 0.444. The quantitative estimate of drug-likeness (QED) is 0.914. The number of hydrogen-bond acceptors (Lipinski definition) is 4. The fourth-order valence-corrected chi connectivity index (χ4v) is 3.57. The summed E-state index contributed by atoms with van der Waals surface area (Å²) < 4.78 is 0. The van der Waals surface area contributed by atoms with E-state index in [2.05, 4.69) is 46.3 Å². The number of nitrogens with one attached hydrogen (secondary N) is 1. The van der Waals surface area contributed by atoms with Crippen molar-refractivity contribution < 1.29 is 0 Å². The molecule has 1 aromatic carbocycles. The highest BCUT2D eigenvalue weighted by atomic mass is 35.5. The van der Waals surface area contributed by atoms with Gasteiger partial charge in [-0.3, -0.25) is 14.9 Å². The molecule has 1 aliphatic heterocycles. The lowest BCUT2D eigenvalue weighted by Crippen LogP contribution is -2.38. The van der Waals surface area contributed by atoms with Gasteiger partial charge in [0, 0.05) is 30.5 Å². The van der Waals surface area contributed by atoms with Crippen LogP contribution in [0, 0.1) is 5.41 Å². The second-order valence-electron chi connectivity index (χ2n) is 6.74. The normalized spacial score (nSPS) is 22.4. The van der Waals surface area contributed by atoms with Crippen LogP contribution in [0.25, 0.3) is 0 Å². The van der Waals surface area contributed by atoms with Gasteiger partial charge in [-0.1, -0.05) is 30.7 Å². The van der Waals surface area contributed by atoms with Crippen LogP contribution < -0.4 is 5.32 Å². The van der Waals surface area contributed by atoms with E-state index in [1.807, 2.05) is 18.3 Å². The van der Waals surface area contributed by atoms with Crippen molar-refractivity contribution in [1.82, 2.24) is 20.2 Å². The molecule has 2 heterocycles. The van der Waals surface area contributed by atoms with Crippen LogP contribution in [0.3, 0.4) is 0 Å². The van der Waals surface area contributed by atoms with Gasteiger partial charge in [0.1, 0.15) is 0 Å². The first-order valence-electron chi connectivity index (χ1n) is 8.00. The Kier molecular flexibility index (Phi) is 4.95. The molecule has 2 unspecified atom stereocenters. The summed E-state index contributed by atoms with van der Waals surface area (Å²) in [5, 5.41) is 4.22. The Morgan fingerprint density at radius 1 is 1.30 bits per heavy atom. The van der Waals surface area contributed by atoms with E-state index >= 15 is 0 Å². The highest BCUT2D eigenvalue weighted by molar-refractivity contribution is 6.30. The summed E-state index contributed by atoms with van der Waals surface area (Å²) in [6.07, 6.45) is 6.52. The molecule has 4 nitrogen and oxygen atoms in total. The van der Waals surface area contributed by atoms with Crippen molar-refractivity contribution in [2.24, 2.45) is 5.41 Å². The molecule has 1 saturated heterocycles. The average molecular weight is 331 g/mol. The molecule has 1 aliphatic rings. The summed E-state index contributed by atoms with van der Waals surface area (Å²) in [4.78, 5) is 11.2. The largest absolute Gasteiger partial charge is 0.316 e. The highest BCUT2D eigenvalue weighted by Crippen LogP contribution is 2.32. The highest BCUT2D eigenvalue weighted by Gasteiger charge is 2.32. The minimum atomic E-state index is 0.0818. The first kappa shape index (κ1) is 16.4. The number of benzene rings is 1. The third-order valence-electron chi connectivity index (χ3n) is 4.58. The molecule has 5 heteroatoms. The van der Waals surface area contributed by atoms with E-state index in [1.54, 1.807) is 12.4 Å². The lowest BCUT2D eigenvalue weighted by Gasteiger charge is -2.34. The predicted octanol–water partition coefficient (Wildman–Crippen LogP) is 3.15. The van der Waals surface area contributed by atoms with Crippen LogP contribution in [0.5, 0.6) is 0 Å². The SMILES string of the molecule is CN(CC1(C)CCNC1)C(c1ccc(Cl)cc1)c1cnccn1. The summed E-state index contributed by atoms with van der Waals surface area (Å²) in [5.41, 5.74) is 2.44. The van der Waals surface area contributed by atoms with Gasteiger partial charge in [-0.05, 0) is 43.1 Å². The maximum Gasteiger partial charge on any atom is 0.0803 e. The van der Waals surface area contributed by atoms with E-state index in [0.717, 1.165) is 30.4 Å². The van der Waals surface area contributed by atoms with Gasteiger partial charge in [0.25, 0.3) is 0 Å². The summed E-state index contributed by atoms with van der Waals surface area (Å²) in [5.74, 6) is 0. The minimum absolute atomic E-state index is 0.0818. The molecule has 0 aliphatic carbocycles. The topological polar surface area (TPSA) is 41.0 Å². The van der Waals surface area contributed by atoms with Crippen molar-refractivity contribution in [3.8, 4) is 0 Å². The summed E-state index contributed by atoms with van der Waals surface area (Å²) in [6.45, 7) is 5.51. The van der Waals surface area contributed by atoms with Crippen molar-refractivity contribution in [2.45, 2.75) is 19.4 Å². The molecule has 0 spiro atoms. The van der Waals surface area contributed by atoms with Crippen molar-refractivity contribution in [2.75, 3.05) is 26.7 Å². The Balaban J connectivity index is 1.90. The number of halogens is 1. The van der Waals surface area contributed by atoms with Crippen LogP contribution in [-0.4, -0.2) is 41.5 Å². The molecule has 2 aromatic rings. The molecule has 2 atom stereocenters.